The summed E-state index contributed by atoms with van der Waals surface area (Å²) in [6, 6.07) is 0.960. The van der Waals surface area contributed by atoms with Crippen molar-refractivity contribution in [2.24, 2.45) is 0 Å². The van der Waals surface area contributed by atoms with Crippen molar-refractivity contribution in [3.05, 3.63) is 39.4 Å². The highest BCUT2D eigenvalue weighted by molar-refractivity contribution is 5.95. The van der Waals surface area contributed by atoms with Crippen molar-refractivity contribution < 1.29 is 28.0 Å². The molecule has 0 aromatic heterocycles. The van der Waals surface area contributed by atoms with Crippen LogP contribution in [-0.2, 0) is 9.53 Å². The summed E-state index contributed by atoms with van der Waals surface area (Å²) in [4.78, 5) is 31.9. The molecule has 9 heteroatoms. The Labute approximate surface area is 118 Å². The van der Waals surface area contributed by atoms with Gasteiger partial charge in [-0.3, -0.25) is 19.7 Å². The first-order valence-corrected chi connectivity index (χ1v) is 5.85. The van der Waals surface area contributed by atoms with Gasteiger partial charge < -0.3 is 10.1 Å². The topological polar surface area (TPSA) is 98.5 Å². The van der Waals surface area contributed by atoms with Gasteiger partial charge in [0.15, 0.2) is 0 Å². The summed E-state index contributed by atoms with van der Waals surface area (Å²) < 4.78 is 31.2. The van der Waals surface area contributed by atoms with E-state index in [1.165, 1.54) is 7.11 Å². The second kappa shape index (κ2) is 7.27. The Morgan fingerprint density at radius 2 is 2.05 bits per heavy atom. The number of ether oxygens (including phenoxy) is 1. The lowest BCUT2D eigenvalue weighted by Crippen LogP contribution is -2.26. The number of halogens is 2. The first-order chi connectivity index (χ1) is 9.86. The average molecular weight is 302 g/mol. The summed E-state index contributed by atoms with van der Waals surface area (Å²) in [5.74, 6) is -3.98. The zero-order valence-electron chi connectivity index (χ0n) is 11.0. The molecule has 0 saturated carbocycles. The van der Waals surface area contributed by atoms with Crippen LogP contribution in [0.1, 0.15) is 23.2 Å². The van der Waals surface area contributed by atoms with Gasteiger partial charge in [0.05, 0.1) is 23.7 Å². The number of nitro benzene ring substituents is 1. The number of hydrogen-bond acceptors (Lipinski definition) is 5. The summed E-state index contributed by atoms with van der Waals surface area (Å²) in [7, 11) is 1.21. The van der Waals surface area contributed by atoms with Crippen LogP contribution in [-0.4, -0.2) is 30.5 Å². The molecule has 0 spiro atoms. The van der Waals surface area contributed by atoms with Crippen molar-refractivity contribution in [3.8, 4) is 0 Å². The van der Waals surface area contributed by atoms with E-state index in [9.17, 15) is 28.5 Å². The second-order valence-corrected chi connectivity index (χ2v) is 3.98. The molecule has 21 heavy (non-hydrogen) atoms. The van der Waals surface area contributed by atoms with Crippen molar-refractivity contribution in [3.63, 3.8) is 0 Å². The van der Waals surface area contributed by atoms with Crippen LogP contribution in [0, 0.1) is 21.7 Å². The minimum atomic E-state index is -1.41. The molecule has 0 aliphatic rings. The van der Waals surface area contributed by atoms with Gasteiger partial charge in [-0.1, -0.05) is 0 Å². The number of benzene rings is 1. The number of carbonyl (C=O) groups is 2. The predicted octanol–water partition coefficient (Wildman–Crippen LogP) is 1.56. The average Bonchev–Trinajstić information content (AvgIpc) is 2.44. The van der Waals surface area contributed by atoms with E-state index >= 15 is 0 Å². The van der Waals surface area contributed by atoms with Gasteiger partial charge in [-0.2, -0.15) is 4.39 Å². The molecule has 1 N–H and O–H groups in total. The van der Waals surface area contributed by atoms with Crippen molar-refractivity contribution in [2.75, 3.05) is 13.7 Å². The van der Waals surface area contributed by atoms with Crippen molar-refractivity contribution in [1.82, 2.24) is 5.32 Å². The zero-order chi connectivity index (χ0) is 16.0. The van der Waals surface area contributed by atoms with E-state index in [1.807, 2.05) is 0 Å². The van der Waals surface area contributed by atoms with Crippen LogP contribution in [0.15, 0.2) is 12.1 Å². The molecule has 0 unspecified atom stereocenters. The Hall–Kier alpha value is -2.58. The molecule has 0 aliphatic heterocycles. The highest BCUT2D eigenvalue weighted by atomic mass is 19.1. The molecule has 0 heterocycles. The normalized spacial score (nSPS) is 10.0. The van der Waals surface area contributed by atoms with Crippen LogP contribution in [0.25, 0.3) is 0 Å². The molecule has 114 valence electrons. The molecule has 7 nitrogen and oxygen atoms in total. The summed E-state index contributed by atoms with van der Waals surface area (Å²) >= 11 is 0. The molecule has 0 fully saturated rings. The molecule has 0 aliphatic carbocycles. The van der Waals surface area contributed by atoms with Crippen LogP contribution in [0.4, 0.5) is 14.5 Å². The van der Waals surface area contributed by atoms with Crippen LogP contribution in [0.3, 0.4) is 0 Å². The number of methoxy groups -OCH3 is 1. The zero-order valence-corrected chi connectivity index (χ0v) is 11.0. The van der Waals surface area contributed by atoms with E-state index < -0.39 is 39.7 Å². The Morgan fingerprint density at radius 3 is 2.62 bits per heavy atom. The van der Waals surface area contributed by atoms with Crippen LogP contribution in [0.2, 0.25) is 0 Å². The number of carbonyl (C=O) groups excluding carboxylic acids is 2. The van der Waals surface area contributed by atoms with Crippen LogP contribution < -0.4 is 5.32 Å². The van der Waals surface area contributed by atoms with E-state index in [4.69, 9.17) is 0 Å². The SMILES string of the molecule is COC(=O)CCCNC(=O)c1cc(F)cc([N+](=O)[O-])c1F. The van der Waals surface area contributed by atoms with Gasteiger partial charge in [-0.15, -0.1) is 0 Å². The van der Waals surface area contributed by atoms with E-state index in [0.717, 1.165) is 0 Å². The number of rotatable bonds is 6. The number of nitro groups is 1. The Balaban J connectivity index is 2.74. The van der Waals surface area contributed by atoms with Gasteiger partial charge in [0.2, 0.25) is 5.82 Å². The third kappa shape index (κ3) is 4.48. The Bertz CT molecular complexity index is 577. The summed E-state index contributed by atoms with van der Waals surface area (Å²) in [6.45, 7) is 0.0116. The lowest BCUT2D eigenvalue weighted by atomic mass is 10.1. The Morgan fingerprint density at radius 1 is 1.38 bits per heavy atom. The monoisotopic (exact) mass is 302 g/mol. The lowest BCUT2D eigenvalue weighted by Gasteiger charge is -2.06. The third-order valence-electron chi connectivity index (χ3n) is 2.53. The predicted molar refractivity (Wildman–Crippen MR) is 66.6 cm³/mol. The van der Waals surface area contributed by atoms with Gasteiger partial charge in [0.1, 0.15) is 5.82 Å². The van der Waals surface area contributed by atoms with Crippen molar-refractivity contribution in [1.29, 1.82) is 0 Å². The highest BCUT2D eigenvalue weighted by Gasteiger charge is 2.23. The van der Waals surface area contributed by atoms with Gasteiger partial charge in [-0.05, 0) is 12.5 Å². The lowest BCUT2D eigenvalue weighted by molar-refractivity contribution is -0.387. The fourth-order valence-corrected chi connectivity index (χ4v) is 1.50. The maximum absolute atomic E-state index is 13.7. The van der Waals surface area contributed by atoms with Crippen LogP contribution in [0.5, 0.6) is 0 Å². The third-order valence-corrected chi connectivity index (χ3v) is 2.53. The minimum Gasteiger partial charge on any atom is -0.469 e. The number of hydrogen-bond donors (Lipinski definition) is 1. The van der Waals surface area contributed by atoms with E-state index in [2.05, 4.69) is 10.1 Å². The molecule has 1 aromatic carbocycles. The van der Waals surface area contributed by atoms with Gasteiger partial charge in [0, 0.05) is 13.0 Å². The molecule has 1 aromatic rings. The number of nitrogens with one attached hydrogen (secondary N) is 1. The highest BCUT2D eigenvalue weighted by Crippen LogP contribution is 2.22. The minimum absolute atomic E-state index is 0.0116. The summed E-state index contributed by atoms with van der Waals surface area (Å²) in [5, 5.41) is 12.8. The quantitative estimate of drug-likeness (QED) is 0.372. The standard InChI is InChI=1S/C12H12F2N2O5/c1-21-10(17)3-2-4-15-12(18)8-5-7(13)6-9(11(8)14)16(19)20/h5-6H,2-4H2,1H3,(H,15,18). The molecule has 1 amide bonds. The fraction of sp³-hybridized carbons (Fsp3) is 0.333. The van der Waals surface area contributed by atoms with Gasteiger partial charge in [0.25, 0.3) is 5.91 Å². The van der Waals surface area contributed by atoms with Gasteiger partial charge >= 0.3 is 11.7 Å². The molecular weight excluding hydrogens is 290 g/mol. The molecule has 0 atom stereocenters. The smallest absolute Gasteiger partial charge is 0.308 e. The fourth-order valence-electron chi connectivity index (χ4n) is 1.50. The maximum Gasteiger partial charge on any atom is 0.308 e. The maximum atomic E-state index is 13.7. The Kier molecular flexibility index (Phi) is 5.70. The summed E-state index contributed by atoms with van der Waals surface area (Å²) in [5.41, 5.74) is -1.88. The molecule has 1 rings (SSSR count). The molecule has 0 radical (unpaired) electrons. The number of amides is 1. The first kappa shape index (κ1) is 16.5. The number of nitrogens with zero attached hydrogens (tertiary/aromatic N) is 1. The first-order valence-electron chi connectivity index (χ1n) is 5.85. The molecule has 0 bridgehead atoms. The van der Waals surface area contributed by atoms with E-state index in [0.29, 0.717) is 12.1 Å². The summed E-state index contributed by atoms with van der Waals surface area (Å²) in [6.07, 6.45) is 0.278. The van der Waals surface area contributed by atoms with Gasteiger partial charge in [-0.25, -0.2) is 4.39 Å². The van der Waals surface area contributed by atoms with E-state index in [-0.39, 0.29) is 19.4 Å². The van der Waals surface area contributed by atoms with Crippen LogP contribution >= 0.6 is 0 Å². The van der Waals surface area contributed by atoms with E-state index in [1.54, 1.807) is 0 Å². The van der Waals surface area contributed by atoms with Crippen molar-refractivity contribution in [2.45, 2.75) is 12.8 Å². The van der Waals surface area contributed by atoms with Crippen molar-refractivity contribution >= 4 is 17.6 Å². The largest absolute Gasteiger partial charge is 0.469 e. The second-order valence-electron chi connectivity index (χ2n) is 3.98. The number of esters is 1. The molecular formula is C12H12F2N2O5. The molecule has 0 saturated heterocycles.